The topological polar surface area (TPSA) is 137 Å². The Morgan fingerprint density at radius 3 is 2.66 bits per heavy atom. The summed E-state index contributed by atoms with van der Waals surface area (Å²) in [6.45, 7) is 2.15. The molecule has 0 saturated carbocycles. The van der Waals surface area contributed by atoms with E-state index in [1.54, 1.807) is 6.08 Å². The summed E-state index contributed by atoms with van der Waals surface area (Å²) in [6, 6.07) is 3.64. The van der Waals surface area contributed by atoms with Gasteiger partial charge in [0.25, 0.3) is 11.2 Å². The van der Waals surface area contributed by atoms with Crippen LogP contribution in [0.3, 0.4) is 0 Å². The van der Waals surface area contributed by atoms with Crippen molar-refractivity contribution in [1.29, 1.82) is 0 Å². The molecule has 29 heavy (non-hydrogen) atoms. The number of nitrogens with zero attached hydrogens (tertiary/aromatic N) is 3. The molecule has 3 N–H and O–H groups in total. The average Bonchev–Trinajstić information content (AvgIpc) is 3.14. The molecule has 0 bridgehead atoms. The highest BCUT2D eigenvalue weighted by molar-refractivity contribution is 7.93. The van der Waals surface area contributed by atoms with Gasteiger partial charge in [0.15, 0.2) is 11.7 Å². The van der Waals surface area contributed by atoms with Crippen LogP contribution in [0.4, 0.5) is 0 Å². The van der Waals surface area contributed by atoms with Gasteiger partial charge >= 0.3 is 0 Å². The molecule has 0 radical (unpaired) electrons. The summed E-state index contributed by atoms with van der Waals surface area (Å²) < 4.78 is 50.8. The highest BCUT2D eigenvalue weighted by Gasteiger charge is 2.26. The van der Waals surface area contributed by atoms with Crippen LogP contribution in [0.2, 0.25) is 0 Å². The molecule has 0 aromatic carbocycles. The van der Waals surface area contributed by atoms with E-state index in [4.69, 9.17) is 4.42 Å². The number of furan rings is 1. The van der Waals surface area contributed by atoms with Gasteiger partial charge in [0, 0.05) is 26.2 Å². The van der Waals surface area contributed by atoms with Crippen LogP contribution in [0.1, 0.15) is 17.9 Å². The molecule has 1 aliphatic heterocycles. The monoisotopic (exact) mass is 439 g/mol. The first-order chi connectivity index (χ1) is 13.7. The van der Waals surface area contributed by atoms with E-state index in [1.807, 2.05) is 19.1 Å². The molecule has 0 fully saturated rings. The highest BCUT2D eigenvalue weighted by Crippen LogP contribution is 2.22. The molecule has 1 aliphatic carbocycles. The SMILES string of the molecule is Cc1ccc(CNC2=NS(=O)N=C2NC2=CC=CC(S(=O)(=O)N(C)C)=C(O)C2)o1. The van der Waals surface area contributed by atoms with Gasteiger partial charge in [-0.1, -0.05) is 6.08 Å². The molecular weight excluding hydrogens is 418 g/mol. The molecule has 12 heteroatoms. The van der Waals surface area contributed by atoms with Crippen molar-refractivity contribution < 1.29 is 22.2 Å². The maximum atomic E-state index is 12.3. The third-order valence-electron chi connectivity index (χ3n) is 4.01. The van der Waals surface area contributed by atoms with Gasteiger partial charge in [-0.2, -0.15) is 0 Å². The summed E-state index contributed by atoms with van der Waals surface area (Å²) in [7, 11) is -1.02. The number of aliphatic hydroxyl groups is 1. The molecule has 1 atom stereocenters. The number of amidine groups is 2. The van der Waals surface area contributed by atoms with Crippen molar-refractivity contribution in [1.82, 2.24) is 14.9 Å². The predicted molar refractivity (Wildman–Crippen MR) is 111 cm³/mol. The van der Waals surface area contributed by atoms with Crippen LogP contribution in [0, 0.1) is 6.92 Å². The lowest BCUT2D eigenvalue weighted by Crippen LogP contribution is -2.37. The van der Waals surface area contributed by atoms with Gasteiger partial charge in [-0.15, -0.1) is 8.80 Å². The van der Waals surface area contributed by atoms with Crippen LogP contribution >= 0.6 is 0 Å². The van der Waals surface area contributed by atoms with Crippen molar-refractivity contribution in [2.45, 2.75) is 19.9 Å². The summed E-state index contributed by atoms with van der Waals surface area (Å²) in [6.07, 6.45) is 4.35. The summed E-state index contributed by atoms with van der Waals surface area (Å²) >= 11 is -1.78. The molecule has 1 aromatic rings. The van der Waals surface area contributed by atoms with E-state index in [-0.39, 0.29) is 28.8 Å². The van der Waals surface area contributed by atoms with Crippen molar-refractivity contribution in [2.24, 2.45) is 8.80 Å². The van der Waals surface area contributed by atoms with E-state index in [1.165, 1.54) is 26.2 Å². The molecule has 0 saturated heterocycles. The minimum absolute atomic E-state index is 0.0777. The number of nitrogens with one attached hydrogen (secondary N) is 2. The Labute approximate surface area is 171 Å². The fourth-order valence-corrected chi connectivity index (χ4v) is 4.21. The van der Waals surface area contributed by atoms with Crippen molar-refractivity contribution in [3.8, 4) is 0 Å². The van der Waals surface area contributed by atoms with Gasteiger partial charge in [0.2, 0.25) is 10.0 Å². The van der Waals surface area contributed by atoms with Crippen molar-refractivity contribution in [3.05, 3.63) is 58.2 Å². The van der Waals surface area contributed by atoms with Crippen LogP contribution in [0.15, 0.2) is 59.9 Å². The fraction of sp³-hybridized carbons (Fsp3) is 0.294. The standard InChI is InChI=1S/C17H21N5O5S2/c1-11-7-8-13(27-11)10-18-16-17(21-28(24)20-16)19-12-5-4-6-15(14(23)9-12)29(25,26)22(2)3/h4-8,23H,9-10H2,1-3H3,(H,18,20)(H,19,21). The Hall–Kier alpha value is -2.70. The number of aryl methyl sites for hydroxylation is 1. The summed E-state index contributed by atoms with van der Waals surface area (Å²) in [5.74, 6) is 1.63. The molecule has 2 aliphatic rings. The van der Waals surface area contributed by atoms with Crippen molar-refractivity contribution in [3.63, 3.8) is 0 Å². The van der Waals surface area contributed by atoms with Gasteiger partial charge in [-0.25, -0.2) is 16.9 Å². The fourth-order valence-electron chi connectivity index (χ4n) is 2.56. The van der Waals surface area contributed by atoms with E-state index < -0.39 is 21.2 Å². The van der Waals surface area contributed by atoms with Crippen LogP contribution in [-0.4, -0.2) is 47.8 Å². The minimum atomic E-state index is -3.79. The highest BCUT2D eigenvalue weighted by atomic mass is 32.2. The first-order valence-corrected chi connectivity index (χ1v) is 11.0. The van der Waals surface area contributed by atoms with Crippen LogP contribution in [0.25, 0.3) is 0 Å². The molecule has 2 heterocycles. The lowest BCUT2D eigenvalue weighted by atomic mass is 10.2. The molecule has 0 amide bonds. The molecule has 1 aromatic heterocycles. The molecule has 3 rings (SSSR count). The zero-order chi connectivity index (χ0) is 21.2. The van der Waals surface area contributed by atoms with Crippen LogP contribution in [0.5, 0.6) is 0 Å². The second-order valence-corrected chi connectivity index (χ2v) is 9.37. The van der Waals surface area contributed by atoms with E-state index in [2.05, 4.69) is 19.4 Å². The Balaban J connectivity index is 1.72. The van der Waals surface area contributed by atoms with Crippen molar-refractivity contribution in [2.75, 3.05) is 14.1 Å². The van der Waals surface area contributed by atoms with Gasteiger partial charge in [-0.3, -0.25) is 0 Å². The molecular formula is C17H21N5O5S2. The maximum absolute atomic E-state index is 12.3. The number of sulfonamides is 1. The van der Waals surface area contributed by atoms with Gasteiger partial charge < -0.3 is 20.2 Å². The van der Waals surface area contributed by atoms with E-state index in [0.717, 1.165) is 10.1 Å². The molecule has 10 nitrogen and oxygen atoms in total. The smallest absolute Gasteiger partial charge is 0.269 e. The number of hydrogen-bond acceptors (Lipinski definition) is 7. The second-order valence-electron chi connectivity index (χ2n) is 6.43. The Morgan fingerprint density at radius 2 is 2.00 bits per heavy atom. The largest absolute Gasteiger partial charge is 0.510 e. The van der Waals surface area contributed by atoms with Gasteiger partial charge in [0.05, 0.1) is 6.54 Å². The number of aliphatic hydroxyl groups excluding tert-OH is 1. The van der Waals surface area contributed by atoms with Gasteiger partial charge in [-0.05, 0) is 31.2 Å². The number of hydrogen-bond donors (Lipinski definition) is 3. The molecule has 0 spiro atoms. The third kappa shape index (κ3) is 4.83. The zero-order valence-electron chi connectivity index (χ0n) is 16.0. The minimum Gasteiger partial charge on any atom is -0.510 e. The molecule has 156 valence electrons. The van der Waals surface area contributed by atoms with Crippen molar-refractivity contribution >= 4 is 32.9 Å². The summed E-state index contributed by atoms with van der Waals surface area (Å²) in [5, 5.41) is 16.3. The van der Waals surface area contributed by atoms with E-state index in [9.17, 15) is 17.7 Å². The average molecular weight is 440 g/mol. The zero-order valence-corrected chi connectivity index (χ0v) is 17.7. The van der Waals surface area contributed by atoms with E-state index in [0.29, 0.717) is 18.0 Å². The summed E-state index contributed by atoms with van der Waals surface area (Å²) in [4.78, 5) is -0.187. The Kier molecular flexibility index (Phi) is 6.05. The maximum Gasteiger partial charge on any atom is 0.269 e. The number of rotatable bonds is 5. The van der Waals surface area contributed by atoms with Gasteiger partial charge in [0.1, 0.15) is 22.2 Å². The predicted octanol–water partition coefficient (Wildman–Crippen LogP) is 1.16. The third-order valence-corrected chi connectivity index (χ3v) is 6.58. The lowest BCUT2D eigenvalue weighted by molar-refractivity contribution is 0.393. The van der Waals surface area contributed by atoms with Crippen LogP contribution in [-0.2, 0) is 27.7 Å². The first-order valence-electron chi connectivity index (χ1n) is 8.54. The van der Waals surface area contributed by atoms with E-state index >= 15 is 0 Å². The lowest BCUT2D eigenvalue weighted by Gasteiger charge is -2.14. The first kappa shape index (κ1) is 21.0. The number of allylic oxidation sites excluding steroid dienone is 3. The summed E-state index contributed by atoms with van der Waals surface area (Å²) in [5.41, 5.74) is 0.462. The Morgan fingerprint density at radius 1 is 1.28 bits per heavy atom. The Bertz CT molecular complexity index is 1090. The quantitative estimate of drug-likeness (QED) is 0.626. The molecule has 1 unspecified atom stereocenters. The second kappa shape index (κ2) is 8.35. The normalized spacial score (nSPS) is 19.7. The van der Waals surface area contributed by atoms with Crippen LogP contribution < -0.4 is 10.6 Å².